The van der Waals surface area contributed by atoms with E-state index < -0.39 is 23.7 Å². The molecule has 0 spiro atoms. The third kappa shape index (κ3) is 3.36. The van der Waals surface area contributed by atoms with Crippen molar-refractivity contribution in [2.24, 2.45) is 0 Å². The van der Waals surface area contributed by atoms with E-state index in [1.54, 1.807) is 20.8 Å². The molecule has 0 aromatic rings. The first-order valence-electron chi connectivity index (χ1n) is 5.72. The molecule has 0 unspecified atom stereocenters. The molecule has 0 bridgehead atoms. The molecule has 0 N–H and O–H groups in total. The highest BCUT2D eigenvalue weighted by atomic mass is 16.6. The minimum absolute atomic E-state index is 0.207. The fraction of sp³-hybridized carbons (Fsp3) is 0.750. The van der Waals surface area contributed by atoms with E-state index in [1.807, 2.05) is 0 Å². The number of carbonyl (C=O) groups excluding carboxylic acids is 2. The van der Waals surface area contributed by atoms with E-state index in [4.69, 9.17) is 11.3 Å². The van der Waals surface area contributed by atoms with Crippen LogP contribution in [0.3, 0.4) is 0 Å². The van der Waals surface area contributed by atoms with Gasteiger partial charge in [0, 0.05) is 0 Å². The highest BCUT2D eigenvalue weighted by Crippen LogP contribution is 2.24. The highest BCUT2D eigenvalue weighted by Gasteiger charge is 2.45. The van der Waals surface area contributed by atoms with Crippen LogP contribution in [-0.2, 0) is 14.3 Å². The molecule has 1 aliphatic rings. The van der Waals surface area contributed by atoms with Gasteiger partial charge in [-0.1, -0.05) is 0 Å². The lowest BCUT2D eigenvalue weighted by Gasteiger charge is -2.26. The topological polar surface area (TPSA) is 60.2 Å². The van der Waals surface area contributed by atoms with Gasteiger partial charge in [0.1, 0.15) is 18.2 Å². The highest BCUT2D eigenvalue weighted by molar-refractivity contribution is 5.82. The van der Waals surface area contributed by atoms with Crippen LogP contribution in [0, 0.1) is 6.57 Å². The first kappa shape index (κ1) is 14.3. The smallest absolute Gasteiger partial charge is 0.411 e. The van der Waals surface area contributed by atoms with Crippen LogP contribution >= 0.6 is 0 Å². The van der Waals surface area contributed by atoms with Crippen LogP contribution in [0.2, 0.25) is 0 Å². The summed E-state index contributed by atoms with van der Waals surface area (Å²) in [4.78, 5) is 28.2. The van der Waals surface area contributed by atoms with Crippen LogP contribution in [0.4, 0.5) is 4.79 Å². The second-order valence-corrected chi connectivity index (χ2v) is 5.19. The Morgan fingerprint density at radius 1 is 1.39 bits per heavy atom. The average molecular weight is 254 g/mol. The van der Waals surface area contributed by atoms with Crippen molar-refractivity contribution in [3.8, 4) is 0 Å². The van der Waals surface area contributed by atoms with E-state index >= 15 is 0 Å². The maximum absolute atomic E-state index is 11.9. The summed E-state index contributed by atoms with van der Waals surface area (Å²) in [7, 11) is 1.26. The van der Waals surface area contributed by atoms with Gasteiger partial charge in [-0.3, -0.25) is 4.90 Å². The van der Waals surface area contributed by atoms with Crippen molar-refractivity contribution in [2.75, 3.05) is 13.7 Å². The summed E-state index contributed by atoms with van der Waals surface area (Å²) in [5.74, 6) is -0.507. The van der Waals surface area contributed by atoms with Gasteiger partial charge in [0.05, 0.1) is 13.5 Å². The summed E-state index contributed by atoms with van der Waals surface area (Å²) >= 11 is 0. The van der Waals surface area contributed by atoms with Crippen molar-refractivity contribution >= 4 is 12.1 Å². The number of esters is 1. The summed E-state index contributed by atoms with van der Waals surface area (Å²) in [5, 5.41) is 0. The maximum Gasteiger partial charge on any atom is 0.411 e. The maximum atomic E-state index is 11.9. The first-order valence-corrected chi connectivity index (χ1v) is 5.72. The van der Waals surface area contributed by atoms with Crippen molar-refractivity contribution < 1.29 is 19.1 Å². The zero-order chi connectivity index (χ0) is 13.9. The van der Waals surface area contributed by atoms with Crippen LogP contribution in [0.5, 0.6) is 0 Å². The van der Waals surface area contributed by atoms with Crippen LogP contribution < -0.4 is 0 Å². The fourth-order valence-electron chi connectivity index (χ4n) is 1.79. The van der Waals surface area contributed by atoms with Crippen molar-refractivity contribution in [3.05, 3.63) is 11.4 Å². The van der Waals surface area contributed by atoms with Gasteiger partial charge in [0.25, 0.3) is 0 Å². The number of hydrogen-bond acceptors (Lipinski definition) is 4. The van der Waals surface area contributed by atoms with Crippen molar-refractivity contribution in [1.82, 2.24) is 4.90 Å². The average Bonchev–Trinajstić information content (AvgIpc) is 2.69. The molecule has 1 fully saturated rings. The van der Waals surface area contributed by atoms with Gasteiger partial charge in [-0.15, -0.1) is 0 Å². The van der Waals surface area contributed by atoms with Gasteiger partial charge in [-0.25, -0.2) is 16.2 Å². The summed E-state index contributed by atoms with van der Waals surface area (Å²) in [5.41, 5.74) is -0.631. The standard InChI is InChI=1S/C12H18N2O4/c1-12(2,3)18-11(16)14-7-8(13-4)6-9(14)10(15)17-5/h8-9H,6-7H2,1-3,5H3/t8-,9-/m1/s1. The number of likely N-dealkylation sites (tertiary alicyclic amines) is 1. The largest absolute Gasteiger partial charge is 0.467 e. The Bertz CT molecular complexity index is 381. The molecule has 2 atom stereocenters. The molecule has 0 aromatic carbocycles. The fourth-order valence-corrected chi connectivity index (χ4v) is 1.79. The van der Waals surface area contributed by atoms with Crippen molar-refractivity contribution in [3.63, 3.8) is 0 Å². The first-order chi connectivity index (χ1) is 8.28. The third-order valence-corrected chi connectivity index (χ3v) is 2.56. The van der Waals surface area contributed by atoms with Crippen LogP contribution in [-0.4, -0.2) is 48.3 Å². The molecule has 18 heavy (non-hydrogen) atoms. The second kappa shape index (κ2) is 5.25. The molecule has 1 rings (SSSR count). The van der Waals surface area contributed by atoms with E-state index in [1.165, 1.54) is 12.0 Å². The minimum Gasteiger partial charge on any atom is -0.467 e. The molecule has 0 radical (unpaired) electrons. The van der Waals surface area contributed by atoms with E-state index in [2.05, 4.69) is 9.58 Å². The predicted molar refractivity (Wildman–Crippen MR) is 63.8 cm³/mol. The van der Waals surface area contributed by atoms with Crippen molar-refractivity contribution in [1.29, 1.82) is 0 Å². The van der Waals surface area contributed by atoms with Gasteiger partial charge in [-0.05, 0) is 20.8 Å². The van der Waals surface area contributed by atoms with Crippen molar-refractivity contribution in [2.45, 2.75) is 44.9 Å². The molecule has 1 heterocycles. The van der Waals surface area contributed by atoms with Crippen LogP contribution in [0.25, 0.3) is 4.85 Å². The van der Waals surface area contributed by atoms with E-state index in [9.17, 15) is 9.59 Å². The molecule has 6 nitrogen and oxygen atoms in total. The number of rotatable bonds is 1. The monoisotopic (exact) mass is 254 g/mol. The Kier molecular flexibility index (Phi) is 4.17. The zero-order valence-corrected chi connectivity index (χ0v) is 11.1. The Morgan fingerprint density at radius 3 is 2.44 bits per heavy atom. The van der Waals surface area contributed by atoms with Gasteiger partial charge in [0.15, 0.2) is 0 Å². The second-order valence-electron chi connectivity index (χ2n) is 5.19. The number of methoxy groups -OCH3 is 1. The Hall–Kier alpha value is -1.77. The van der Waals surface area contributed by atoms with Gasteiger partial charge in [-0.2, -0.15) is 0 Å². The lowest BCUT2D eigenvalue weighted by molar-refractivity contribution is -0.145. The molecule has 6 heteroatoms. The predicted octanol–water partition coefficient (Wildman–Crippen LogP) is 1.46. The number of carbonyl (C=O) groups is 2. The summed E-state index contributed by atoms with van der Waals surface area (Å²) in [6.45, 7) is 12.5. The van der Waals surface area contributed by atoms with Gasteiger partial charge < -0.3 is 14.3 Å². The minimum atomic E-state index is -0.719. The normalized spacial score (nSPS) is 23.4. The number of amides is 1. The number of nitrogens with zero attached hydrogens (tertiary/aromatic N) is 2. The third-order valence-electron chi connectivity index (χ3n) is 2.56. The lowest BCUT2D eigenvalue weighted by atomic mass is 10.2. The summed E-state index contributed by atoms with van der Waals surface area (Å²) in [6.07, 6.45) is -0.279. The molecule has 0 saturated carbocycles. The molecule has 1 aliphatic heterocycles. The molecule has 1 saturated heterocycles. The summed E-state index contributed by atoms with van der Waals surface area (Å²) in [6, 6.07) is -1.09. The summed E-state index contributed by atoms with van der Waals surface area (Å²) < 4.78 is 9.86. The lowest BCUT2D eigenvalue weighted by Crippen LogP contribution is -2.43. The van der Waals surface area contributed by atoms with E-state index in [-0.39, 0.29) is 12.6 Å². The molecule has 1 amide bonds. The Balaban J connectivity index is 2.81. The number of ether oxygens (including phenoxy) is 2. The zero-order valence-electron chi connectivity index (χ0n) is 11.1. The Labute approximate surface area is 107 Å². The quantitative estimate of drug-likeness (QED) is 0.525. The van der Waals surface area contributed by atoms with Crippen LogP contribution in [0.1, 0.15) is 27.2 Å². The van der Waals surface area contributed by atoms with E-state index in [0.717, 1.165) is 0 Å². The van der Waals surface area contributed by atoms with E-state index in [0.29, 0.717) is 6.42 Å². The SMILES string of the molecule is [C-]#[N+][C@@H]1C[C@H](C(=O)OC)N(C(=O)OC(C)(C)C)C1. The molecular weight excluding hydrogens is 236 g/mol. The Morgan fingerprint density at radius 2 is 2.00 bits per heavy atom. The van der Waals surface area contributed by atoms with Gasteiger partial charge >= 0.3 is 12.1 Å². The molecule has 0 aromatic heterocycles. The molecule has 0 aliphatic carbocycles. The van der Waals surface area contributed by atoms with Crippen LogP contribution in [0.15, 0.2) is 0 Å². The number of hydrogen-bond donors (Lipinski definition) is 0. The van der Waals surface area contributed by atoms with Gasteiger partial charge in [0.2, 0.25) is 6.04 Å². The molecular formula is C12H18N2O4. The molecule has 100 valence electrons.